The highest BCUT2D eigenvalue weighted by molar-refractivity contribution is 6.36. The van der Waals surface area contributed by atoms with Crippen LogP contribution in [0.3, 0.4) is 0 Å². The molecule has 0 unspecified atom stereocenters. The Morgan fingerprint density at radius 2 is 1.70 bits per heavy atom. The molecular weight excluding hydrogens is 471 g/mol. The minimum Gasteiger partial charge on any atom is -0.462 e. The van der Waals surface area contributed by atoms with E-state index in [2.05, 4.69) is 10.6 Å². The second-order valence-corrected chi connectivity index (χ2v) is 7.80. The van der Waals surface area contributed by atoms with Gasteiger partial charge in [0.2, 0.25) is 5.91 Å². The number of halogens is 2. The van der Waals surface area contributed by atoms with E-state index in [1.807, 2.05) is 6.92 Å². The fourth-order valence-electron chi connectivity index (χ4n) is 2.55. The Morgan fingerprint density at radius 3 is 2.42 bits per heavy atom. The Hall–Kier alpha value is -3.10. The van der Waals surface area contributed by atoms with Gasteiger partial charge in [0.15, 0.2) is 6.61 Å². The van der Waals surface area contributed by atoms with Crippen LogP contribution in [0.5, 0.6) is 0 Å². The number of hydrogen-bond donors (Lipinski definition) is 2. The standard InChI is InChI=1S/C23H24Cl2N2O6/c1-2-3-11-32-23(31)15-5-4-6-17(12-15)26-20(28)9-10-22(30)33-14-21(29)27-19-8-7-16(24)13-18(19)25/h4-8,12-13H,2-3,9-11,14H2,1H3,(H,26,28)(H,27,29). The lowest BCUT2D eigenvalue weighted by Gasteiger charge is -2.09. The summed E-state index contributed by atoms with van der Waals surface area (Å²) < 4.78 is 10.0. The van der Waals surface area contributed by atoms with Crippen LogP contribution < -0.4 is 10.6 Å². The second kappa shape index (κ2) is 13.4. The molecule has 0 bridgehead atoms. The summed E-state index contributed by atoms with van der Waals surface area (Å²) in [6.07, 6.45) is 1.30. The number of hydrogen-bond acceptors (Lipinski definition) is 6. The Morgan fingerprint density at radius 1 is 0.909 bits per heavy atom. The van der Waals surface area contributed by atoms with E-state index >= 15 is 0 Å². The zero-order chi connectivity index (χ0) is 24.2. The van der Waals surface area contributed by atoms with Crippen molar-refractivity contribution >= 4 is 58.3 Å². The molecule has 10 heteroatoms. The molecule has 2 amide bonds. The predicted octanol–water partition coefficient (Wildman–Crippen LogP) is 4.85. The number of carbonyl (C=O) groups is 4. The molecule has 2 rings (SSSR count). The number of rotatable bonds is 11. The van der Waals surface area contributed by atoms with Crippen LogP contribution in [0, 0.1) is 0 Å². The summed E-state index contributed by atoms with van der Waals surface area (Å²) in [6, 6.07) is 10.9. The third kappa shape index (κ3) is 9.51. The van der Waals surface area contributed by atoms with E-state index in [4.69, 9.17) is 32.7 Å². The van der Waals surface area contributed by atoms with Crippen molar-refractivity contribution < 1.29 is 28.7 Å². The molecule has 2 N–H and O–H groups in total. The summed E-state index contributed by atoms with van der Waals surface area (Å²) in [6.45, 7) is 1.80. The first-order valence-electron chi connectivity index (χ1n) is 10.3. The largest absolute Gasteiger partial charge is 0.462 e. The molecule has 8 nitrogen and oxygen atoms in total. The molecule has 0 aliphatic rings. The fourth-order valence-corrected chi connectivity index (χ4v) is 3.01. The van der Waals surface area contributed by atoms with Gasteiger partial charge in [0.05, 0.1) is 29.3 Å². The van der Waals surface area contributed by atoms with Gasteiger partial charge in [0.1, 0.15) is 0 Å². The molecule has 0 fully saturated rings. The lowest BCUT2D eigenvalue weighted by molar-refractivity contribution is -0.147. The summed E-state index contributed by atoms with van der Waals surface area (Å²) in [5, 5.41) is 5.77. The average Bonchev–Trinajstić information content (AvgIpc) is 2.78. The van der Waals surface area contributed by atoms with Crippen molar-refractivity contribution in [2.75, 3.05) is 23.8 Å². The molecule has 0 atom stereocenters. The van der Waals surface area contributed by atoms with Crippen LogP contribution in [0.2, 0.25) is 10.0 Å². The number of esters is 2. The van der Waals surface area contributed by atoms with Crippen molar-refractivity contribution in [3.05, 3.63) is 58.1 Å². The maximum atomic E-state index is 12.1. The Balaban J connectivity index is 1.73. The average molecular weight is 495 g/mol. The smallest absolute Gasteiger partial charge is 0.338 e. The summed E-state index contributed by atoms with van der Waals surface area (Å²) >= 11 is 11.8. The molecule has 0 saturated heterocycles. The Labute approximate surface area is 201 Å². The molecule has 2 aromatic carbocycles. The van der Waals surface area contributed by atoms with E-state index in [0.29, 0.717) is 28.6 Å². The van der Waals surface area contributed by atoms with Crippen LogP contribution in [0.15, 0.2) is 42.5 Å². The van der Waals surface area contributed by atoms with Gasteiger partial charge in [0.25, 0.3) is 5.91 Å². The molecule has 0 aliphatic carbocycles. The predicted molar refractivity (Wildman–Crippen MR) is 126 cm³/mol. The number of anilines is 2. The molecule has 0 aliphatic heterocycles. The van der Waals surface area contributed by atoms with Crippen molar-refractivity contribution in [2.24, 2.45) is 0 Å². The molecule has 2 aromatic rings. The number of unbranched alkanes of at least 4 members (excludes halogenated alkanes) is 1. The van der Waals surface area contributed by atoms with Crippen LogP contribution in [0.1, 0.15) is 43.0 Å². The topological polar surface area (TPSA) is 111 Å². The van der Waals surface area contributed by atoms with Gasteiger partial charge in [-0.05, 0) is 42.8 Å². The van der Waals surface area contributed by atoms with Gasteiger partial charge in [-0.3, -0.25) is 14.4 Å². The van der Waals surface area contributed by atoms with Gasteiger partial charge in [0, 0.05) is 17.1 Å². The summed E-state index contributed by atoms with van der Waals surface area (Å²) in [5.41, 5.74) is 1.05. The van der Waals surface area contributed by atoms with Crippen LogP contribution in [-0.4, -0.2) is 37.0 Å². The highest BCUT2D eigenvalue weighted by atomic mass is 35.5. The third-order valence-corrected chi connectivity index (χ3v) is 4.79. The molecule has 0 aromatic heterocycles. The molecule has 0 radical (unpaired) electrons. The Kier molecular flexibility index (Phi) is 10.7. The summed E-state index contributed by atoms with van der Waals surface area (Å²) in [5.74, 6) is -2.21. The lowest BCUT2D eigenvalue weighted by Crippen LogP contribution is -2.22. The van der Waals surface area contributed by atoms with Crippen molar-refractivity contribution in [3.63, 3.8) is 0 Å². The van der Waals surface area contributed by atoms with Crippen molar-refractivity contribution in [2.45, 2.75) is 32.6 Å². The van der Waals surface area contributed by atoms with Gasteiger partial charge in [-0.1, -0.05) is 42.6 Å². The zero-order valence-electron chi connectivity index (χ0n) is 18.0. The minimum atomic E-state index is -0.712. The minimum absolute atomic E-state index is 0.158. The van der Waals surface area contributed by atoms with Crippen LogP contribution in [0.25, 0.3) is 0 Å². The number of benzene rings is 2. The van der Waals surface area contributed by atoms with Crippen LogP contribution in [0.4, 0.5) is 11.4 Å². The number of amides is 2. The third-order valence-electron chi connectivity index (χ3n) is 4.24. The van der Waals surface area contributed by atoms with E-state index in [0.717, 1.165) is 12.8 Å². The molecular formula is C23H24Cl2N2O6. The van der Waals surface area contributed by atoms with E-state index < -0.39 is 30.4 Å². The molecule has 33 heavy (non-hydrogen) atoms. The maximum absolute atomic E-state index is 12.1. The van der Waals surface area contributed by atoms with E-state index in [-0.39, 0.29) is 17.9 Å². The molecule has 176 valence electrons. The van der Waals surface area contributed by atoms with Crippen LogP contribution in [-0.2, 0) is 23.9 Å². The number of carbonyl (C=O) groups excluding carboxylic acids is 4. The first-order valence-corrected chi connectivity index (χ1v) is 11.0. The van der Waals surface area contributed by atoms with Crippen molar-refractivity contribution in [1.82, 2.24) is 0 Å². The normalized spacial score (nSPS) is 10.3. The lowest BCUT2D eigenvalue weighted by atomic mass is 10.2. The Bertz CT molecular complexity index is 1010. The highest BCUT2D eigenvalue weighted by Crippen LogP contribution is 2.25. The van der Waals surface area contributed by atoms with E-state index in [1.54, 1.807) is 24.3 Å². The van der Waals surface area contributed by atoms with Crippen molar-refractivity contribution in [1.29, 1.82) is 0 Å². The summed E-state index contributed by atoms with van der Waals surface area (Å²) in [7, 11) is 0. The zero-order valence-corrected chi connectivity index (χ0v) is 19.5. The fraction of sp³-hybridized carbons (Fsp3) is 0.304. The monoisotopic (exact) mass is 494 g/mol. The number of nitrogens with one attached hydrogen (secondary N) is 2. The van der Waals surface area contributed by atoms with E-state index in [1.165, 1.54) is 18.2 Å². The van der Waals surface area contributed by atoms with Crippen molar-refractivity contribution in [3.8, 4) is 0 Å². The van der Waals surface area contributed by atoms with Crippen LogP contribution >= 0.6 is 23.2 Å². The number of ether oxygens (including phenoxy) is 2. The maximum Gasteiger partial charge on any atom is 0.338 e. The first kappa shape index (κ1) is 26.2. The molecule has 0 spiro atoms. The second-order valence-electron chi connectivity index (χ2n) is 6.95. The molecule has 0 saturated carbocycles. The molecule has 0 heterocycles. The quantitative estimate of drug-likeness (QED) is 0.341. The highest BCUT2D eigenvalue weighted by Gasteiger charge is 2.13. The van der Waals surface area contributed by atoms with Gasteiger partial charge in [-0.25, -0.2) is 4.79 Å². The van der Waals surface area contributed by atoms with Gasteiger partial charge >= 0.3 is 11.9 Å². The first-order chi connectivity index (χ1) is 15.8. The van der Waals surface area contributed by atoms with E-state index in [9.17, 15) is 19.2 Å². The van der Waals surface area contributed by atoms with Gasteiger partial charge in [-0.15, -0.1) is 0 Å². The summed E-state index contributed by atoms with van der Waals surface area (Å²) in [4.78, 5) is 47.9. The van der Waals surface area contributed by atoms with Gasteiger partial charge in [-0.2, -0.15) is 0 Å². The SMILES string of the molecule is CCCCOC(=O)c1cccc(NC(=O)CCC(=O)OCC(=O)Nc2ccc(Cl)cc2Cl)c1. The van der Waals surface area contributed by atoms with Gasteiger partial charge < -0.3 is 20.1 Å².